The van der Waals surface area contributed by atoms with Gasteiger partial charge in [0.25, 0.3) is 5.91 Å². The van der Waals surface area contributed by atoms with Crippen LogP contribution >= 0.6 is 10.2 Å². The van der Waals surface area contributed by atoms with E-state index >= 15 is 0 Å². The van der Waals surface area contributed by atoms with Crippen molar-refractivity contribution in [2.75, 3.05) is 5.32 Å². The van der Waals surface area contributed by atoms with Crippen molar-refractivity contribution in [2.45, 2.75) is 36.7 Å². The molecule has 1 saturated carbocycles. The van der Waals surface area contributed by atoms with Crippen LogP contribution in [-0.2, 0) is 16.1 Å². The molecule has 3 amide bonds. The number of benzene rings is 2. The standard InChI is InChI=1S/C22H22F5N5O3S/c23-36(24,25,26,27)15-5-3-4-14(11-15)29-22(35)17(10-13-8-9-13)30-19(33)12-32-18-7-2-1-6-16(18)20(31-32)21(28)34/h1-7,11,13,17H,8-10,12H2,(H2,28,34)(H,29,35)(H,30,33)/t17-/m0/s1. The molecule has 194 valence electrons. The van der Waals surface area contributed by atoms with Gasteiger partial charge in [-0.2, -0.15) is 5.10 Å². The first-order valence-corrected chi connectivity index (χ1v) is 12.8. The van der Waals surface area contributed by atoms with Crippen molar-refractivity contribution in [1.29, 1.82) is 0 Å². The number of rotatable bonds is 9. The number of carbonyl (C=O) groups excluding carboxylic acids is 3. The summed E-state index contributed by atoms with van der Waals surface area (Å²) >= 11 is 0. The number of nitrogens with one attached hydrogen (secondary N) is 2. The molecule has 36 heavy (non-hydrogen) atoms. The Bertz CT molecular complexity index is 1370. The molecule has 8 nitrogen and oxygen atoms in total. The molecule has 0 bridgehead atoms. The van der Waals surface area contributed by atoms with E-state index in [4.69, 9.17) is 5.73 Å². The Balaban J connectivity index is 1.51. The molecule has 0 saturated heterocycles. The van der Waals surface area contributed by atoms with Gasteiger partial charge in [0.2, 0.25) is 11.8 Å². The van der Waals surface area contributed by atoms with Crippen LogP contribution in [0.3, 0.4) is 0 Å². The van der Waals surface area contributed by atoms with Gasteiger partial charge < -0.3 is 16.4 Å². The Morgan fingerprint density at radius 1 is 1.06 bits per heavy atom. The lowest BCUT2D eigenvalue weighted by molar-refractivity contribution is -0.127. The fourth-order valence-corrected chi connectivity index (χ4v) is 4.45. The molecule has 1 aliphatic rings. The fraction of sp³-hybridized carbons (Fsp3) is 0.273. The second-order valence-corrected chi connectivity index (χ2v) is 11.1. The first-order chi connectivity index (χ1) is 16.6. The number of halogens is 5. The maximum Gasteiger partial charge on any atom is 0.310 e. The number of hydrogen-bond donors (Lipinski definition) is 3. The molecule has 14 heteroatoms. The van der Waals surface area contributed by atoms with E-state index in [2.05, 4.69) is 15.7 Å². The van der Waals surface area contributed by atoms with Gasteiger partial charge in [-0.25, -0.2) is 0 Å². The number of amides is 3. The van der Waals surface area contributed by atoms with Crippen LogP contribution in [0.25, 0.3) is 10.9 Å². The Morgan fingerprint density at radius 3 is 2.39 bits per heavy atom. The summed E-state index contributed by atoms with van der Waals surface area (Å²) in [7, 11) is -9.94. The fourth-order valence-electron chi connectivity index (χ4n) is 3.77. The Hall–Kier alpha value is -3.68. The second kappa shape index (κ2) is 8.18. The van der Waals surface area contributed by atoms with Crippen LogP contribution in [0.15, 0.2) is 53.4 Å². The van der Waals surface area contributed by atoms with Crippen molar-refractivity contribution < 1.29 is 33.8 Å². The molecule has 1 heterocycles. The van der Waals surface area contributed by atoms with Crippen LogP contribution in [0, 0.1) is 5.92 Å². The van der Waals surface area contributed by atoms with E-state index in [1.54, 1.807) is 24.3 Å². The highest BCUT2D eigenvalue weighted by atomic mass is 32.5. The largest absolute Gasteiger partial charge is 0.364 e. The zero-order valence-corrected chi connectivity index (χ0v) is 19.4. The highest BCUT2D eigenvalue weighted by Crippen LogP contribution is 3.02. The van der Waals surface area contributed by atoms with Gasteiger partial charge in [-0.15, -0.1) is 0 Å². The van der Waals surface area contributed by atoms with Crippen LogP contribution in [0.4, 0.5) is 25.1 Å². The van der Waals surface area contributed by atoms with E-state index in [1.807, 2.05) is 0 Å². The van der Waals surface area contributed by atoms with Crippen molar-refractivity contribution in [1.82, 2.24) is 15.1 Å². The van der Waals surface area contributed by atoms with Crippen LogP contribution in [0.5, 0.6) is 0 Å². The topological polar surface area (TPSA) is 119 Å². The highest BCUT2D eigenvalue weighted by molar-refractivity contribution is 8.45. The van der Waals surface area contributed by atoms with Crippen LogP contribution < -0.4 is 16.4 Å². The molecule has 1 aromatic heterocycles. The lowest BCUT2D eigenvalue weighted by Crippen LogP contribution is -2.45. The van der Waals surface area contributed by atoms with Crippen molar-refractivity contribution in [3.8, 4) is 0 Å². The summed E-state index contributed by atoms with van der Waals surface area (Å²) in [6, 6.07) is 7.65. The average Bonchev–Trinajstić information content (AvgIpc) is 3.51. The predicted molar refractivity (Wildman–Crippen MR) is 124 cm³/mol. The third-order valence-corrected chi connectivity index (χ3v) is 6.79. The molecule has 3 aromatic rings. The predicted octanol–water partition coefficient (Wildman–Crippen LogP) is 4.72. The lowest BCUT2D eigenvalue weighted by atomic mass is 10.1. The molecule has 0 radical (unpaired) electrons. The molecule has 1 fully saturated rings. The van der Waals surface area contributed by atoms with Crippen LogP contribution in [-0.4, -0.2) is 33.5 Å². The van der Waals surface area contributed by atoms with Gasteiger partial charge >= 0.3 is 10.2 Å². The summed E-state index contributed by atoms with van der Waals surface area (Å²) in [5, 5.41) is 9.23. The minimum atomic E-state index is -9.94. The third kappa shape index (κ3) is 5.93. The van der Waals surface area contributed by atoms with Gasteiger partial charge in [-0.1, -0.05) is 56.5 Å². The van der Waals surface area contributed by atoms with Gasteiger partial charge in [0.05, 0.1) is 5.52 Å². The van der Waals surface area contributed by atoms with Crippen molar-refractivity contribution >= 4 is 44.5 Å². The number of carbonyl (C=O) groups is 3. The zero-order chi connectivity index (χ0) is 26.4. The summed E-state index contributed by atoms with van der Waals surface area (Å²) in [6.45, 7) is -0.373. The minimum absolute atomic E-state index is 0.0329. The molecule has 0 aliphatic heterocycles. The Kier molecular flexibility index (Phi) is 5.78. The molecule has 4 N–H and O–H groups in total. The molecule has 1 atom stereocenters. The Morgan fingerprint density at radius 2 is 1.75 bits per heavy atom. The van der Waals surface area contributed by atoms with E-state index in [0.29, 0.717) is 10.9 Å². The number of anilines is 1. The summed E-state index contributed by atoms with van der Waals surface area (Å²) in [5.41, 5.74) is 5.29. The van der Waals surface area contributed by atoms with Gasteiger partial charge in [0.1, 0.15) is 17.5 Å². The first-order valence-electron chi connectivity index (χ1n) is 10.8. The van der Waals surface area contributed by atoms with Gasteiger partial charge in [-0.3, -0.25) is 19.1 Å². The number of nitrogens with zero attached hydrogens (tertiary/aromatic N) is 2. The van der Waals surface area contributed by atoms with Gasteiger partial charge in [-0.05, 0) is 36.6 Å². The number of nitrogens with two attached hydrogens (primary N) is 1. The number of para-hydroxylation sites is 1. The molecule has 2 aromatic carbocycles. The summed E-state index contributed by atoms with van der Waals surface area (Å²) in [6.07, 6.45) is 1.83. The van der Waals surface area contributed by atoms with Gasteiger partial charge in [0.15, 0.2) is 5.69 Å². The van der Waals surface area contributed by atoms with E-state index in [-0.39, 0.29) is 36.7 Å². The third-order valence-electron chi connectivity index (χ3n) is 5.65. The summed E-state index contributed by atoms with van der Waals surface area (Å²) in [5.74, 6) is -2.16. The maximum atomic E-state index is 13.1. The molecule has 0 unspecified atom stereocenters. The molecule has 4 rings (SSSR count). The van der Waals surface area contributed by atoms with Crippen LogP contribution in [0.2, 0.25) is 0 Å². The number of fused-ring (bicyclic) bond motifs is 1. The van der Waals surface area contributed by atoms with E-state index in [1.165, 1.54) is 4.68 Å². The number of primary amides is 1. The minimum Gasteiger partial charge on any atom is -0.364 e. The number of aromatic nitrogens is 2. The molecule has 1 aliphatic carbocycles. The zero-order valence-electron chi connectivity index (χ0n) is 18.6. The monoisotopic (exact) mass is 531 g/mol. The van der Waals surface area contributed by atoms with E-state index < -0.39 is 44.6 Å². The number of hydrogen-bond acceptors (Lipinski definition) is 4. The molecule has 0 spiro atoms. The maximum absolute atomic E-state index is 13.1. The smallest absolute Gasteiger partial charge is 0.310 e. The average molecular weight is 532 g/mol. The first kappa shape index (κ1) is 25.4. The highest BCUT2D eigenvalue weighted by Gasteiger charge is 2.65. The van der Waals surface area contributed by atoms with E-state index in [9.17, 15) is 33.8 Å². The Labute approximate surface area is 201 Å². The second-order valence-electron chi connectivity index (χ2n) is 8.67. The normalized spacial score (nSPS) is 16.6. The lowest BCUT2D eigenvalue weighted by Gasteiger charge is -2.40. The molecular weight excluding hydrogens is 509 g/mol. The van der Waals surface area contributed by atoms with Crippen molar-refractivity contribution in [3.63, 3.8) is 0 Å². The van der Waals surface area contributed by atoms with Crippen LogP contribution in [0.1, 0.15) is 29.8 Å². The van der Waals surface area contributed by atoms with E-state index in [0.717, 1.165) is 25.0 Å². The van der Waals surface area contributed by atoms with Crippen molar-refractivity contribution in [3.05, 3.63) is 54.2 Å². The SMILES string of the molecule is NC(=O)c1nn(CC(=O)N[C@@H](CC2CC2)C(=O)Nc2cccc(S(F)(F)(F)(F)F)c2)c2ccccc12. The quantitative estimate of drug-likeness (QED) is 0.346. The summed E-state index contributed by atoms with van der Waals surface area (Å²) in [4.78, 5) is 35.1. The van der Waals surface area contributed by atoms with Gasteiger partial charge in [0, 0.05) is 11.1 Å². The molecular formula is C22H22F5N5O3S. The summed E-state index contributed by atoms with van der Waals surface area (Å²) < 4.78 is 66.9. The van der Waals surface area contributed by atoms with Crippen molar-refractivity contribution in [2.24, 2.45) is 11.7 Å².